The molecule has 2 heterocycles. The van der Waals surface area contributed by atoms with Crippen molar-refractivity contribution >= 4 is 11.9 Å². The first kappa shape index (κ1) is 33.5. The van der Waals surface area contributed by atoms with Crippen molar-refractivity contribution in [3.63, 3.8) is 0 Å². The molecular weight excluding hydrogens is 628 g/mol. The summed E-state index contributed by atoms with van der Waals surface area (Å²) in [5, 5.41) is 10.3. The molecule has 4 aromatic rings. The van der Waals surface area contributed by atoms with Gasteiger partial charge in [-0.25, -0.2) is 4.79 Å². The zero-order valence-corrected chi connectivity index (χ0v) is 28.5. The van der Waals surface area contributed by atoms with Gasteiger partial charge in [0.1, 0.15) is 5.75 Å². The van der Waals surface area contributed by atoms with E-state index in [4.69, 9.17) is 28.4 Å². The Morgan fingerprint density at radius 3 is 2.18 bits per heavy atom. The molecule has 0 spiro atoms. The lowest BCUT2D eigenvalue weighted by Crippen LogP contribution is -2.34. The van der Waals surface area contributed by atoms with E-state index in [0.29, 0.717) is 53.0 Å². The Balaban J connectivity index is 1.35. The minimum absolute atomic E-state index is 0.0650. The highest BCUT2D eigenvalue weighted by Gasteiger charge is 2.34. The third-order valence-electron chi connectivity index (χ3n) is 9.21. The lowest BCUT2D eigenvalue weighted by atomic mass is 9.87. The zero-order valence-electron chi connectivity index (χ0n) is 28.5. The van der Waals surface area contributed by atoms with Crippen molar-refractivity contribution in [1.29, 1.82) is 0 Å². The number of benzene rings is 4. The predicted molar refractivity (Wildman–Crippen MR) is 182 cm³/mol. The van der Waals surface area contributed by atoms with Gasteiger partial charge in [0, 0.05) is 37.3 Å². The topological polar surface area (TPSA) is 116 Å². The van der Waals surface area contributed by atoms with Gasteiger partial charge >= 0.3 is 5.97 Å². The van der Waals surface area contributed by atoms with E-state index in [9.17, 15) is 14.7 Å². The van der Waals surface area contributed by atoms with E-state index in [2.05, 4.69) is 11.9 Å². The van der Waals surface area contributed by atoms with Gasteiger partial charge in [0.05, 0.1) is 34.0 Å². The molecule has 0 bridgehead atoms. The average molecular weight is 669 g/mol. The number of amides is 1. The van der Waals surface area contributed by atoms with Crippen molar-refractivity contribution in [3.8, 4) is 46.0 Å². The third-order valence-corrected chi connectivity index (χ3v) is 9.21. The van der Waals surface area contributed by atoms with Crippen LogP contribution in [0.2, 0.25) is 0 Å². The molecule has 1 unspecified atom stereocenters. The molecule has 0 aliphatic carbocycles. The Morgan fingerprint density at radius 2 is 1.49 bits per heavy atom. The highest BCUT2D eigenvalue weighted by Crippen LogP contribution is 2.51. The molecule has 1 amide bonds. The van der Waals surface area contributed by atoms with Gasteiger partial charge in [-0.05, 0) is 91.5 Å². The molecule has 11 nitrogen and oxygen atoms in total. The van der Waals surface area contributed by atoms with Crippen molar-refractivity contribution in [2.75, 3.05) is 55.6 Å². The summed E-state index contributed by atoms with van der Waals surface area (Å²) < 4.78 is 34.9. The summed E-state index contributed by atoms with van der Waals surface area (Å²) in [6, 6.07) is 17.4. The maximum atomic E-state index is 13.1. The van der Waals surface area contributed by atoms with E-state index in [1.54, 1.807) is 39.3 Å². The Kier molecular flexibility index (Phi) is 9.55. The first-order valence-electron chi connectivity index (χ1n) is 16.0. The largest absolute Gasteiger partial charge is 0.504 e. The fraction of sp³-hybridized carbons (Fsp3) is 0.316. The van der Waals surface area contributed by atoms with Crippen molar-refractivity contribution in [2.45, 2.75) is 25.3 Å². The van der Waals surface area contributed by atoms with Gasteiger partial charge in [-0.3, -0.25) is 9.69 Å². The minimum Gasteiger partial charge on any atom is -0.504 e. The Labute approximate surface area is 285 Å². The summed E-state index contributed by atoms with van der Waals surface area (Å²) in [6.07, 6.45) is 2.12. The van der Waals surface area contributed by atoms with Crippen molar-refractivity contribution in [2.24, 2.45) is 0 Å². The highest BCUT2D eigenvalue weighted by molar-refractivity contribution is 5.97. The van der Waals surface area contributed by atoms with Crippen molar-refractivity contribution in [3.05, 3.63) is 94.0 Å². The van der Waals surface area contributed by atoms with Crippen LogP contribution in [0, 0.1) is 0 Å². The highest BCUT2D eigenvalue weighted by atomic mass is 16.5. The van der Waals surface area contributed by atoms with E-state index < -0.39 is 5.97 Å². The number of phenolic OH excluding ortho intramolecular Hbond substituents is 1. The third kappa shape index (κ3) is 6.54. The maximum absolute atomic E-state index is 13.1. The van der Waals surface area contributed by atoms with Gasteiger partial charge in [-0.1, -0.05) is 12.1 Å². The number of phenols is 1. The molecule has 1 N–H and O–H groups in total. The number of hydrogen-bond donors (Lipinski definition) is 1. The second-order valence-corrected chi connectivity index (χ2v) is 12.1. The van der Waals surface area contributed by atoms with Crippen LogP contribution in [0.1, 0.15) is 49.0 Å². The molecule has 0 radical (unpaired) electrons. The molecule has 0 aromatic heterocycles. The first-order chi connectivity index (χ1) is 23.6. The van der Waals surface area contributed by atoms with Crippen LogP contribution in [0.3, 0.4) is 0 Å². The maximum Gasteiger partial charge on any atom is 0.337 e. The van der Waals surface area contributed by atoms with Gasteiger partial charge in [0.25, 0.3) is 5.91 Å². The van der Waals surface area contributed by atoms with Crippen LogP contribution in [0.25, 0.3) is 0 Å². The number of hydrogen-bond acceptors (Lipinski definition) is 10. The van der Waals surface area contributed by atoms with E-state index >= 15 is 0 Å². The van der Waals surface area contributed by atoms with Crippen LogP contribution in [0.4, 0.5) is 0 Å². The van der Waals surface area contributed by atoms with Gasteiger partial charge in [0.15, 0.2) is 34.5 Å². The molecule has 49 heavy (non-hydrogen) atoms. The van der Waals surface area contributed by atoms with Gasteiger partial charge in [-0.15, -0.1) is 0 Å². The fourth-order valence-electron chi connectivity index (χ4n) is 6.47. The van der Waals surface area contributed by atoms with E-state index in [-0.39, 0.29) is 29.0 Å². The van der Waals surface area contributed by atoms with Crippen LogP contribution < -0.4 is 23.7 Å². The fourth-order valence-corrected chi connectivity index (χ4v) is 6.47. The number of carbonyl (C=O) groups excluding carboxylic acids is 2. The molecule has 2 aliphatic rings. The Morgan fingerprint density at radius 1 is 0.776 bits per heavy atom. The number of nitrogens with zero attached hydrogens (tertiary/aromatic N) is 2. The number of fused-ring (bicyclic) bond motifs is 2. The molecule has 0 saturated heterocycles. The predicted octanol–water partition coefficient (Wildman–Crippen LogP) is 6.19. The molecule has 0 fully saturated rings. The van der Waals surface area contributed by atoms with E-state index in [1.165, 1.54) is 25.3 Å². The van der Waals surface area contributed by atoms with Gasteiger partial charge in [-0.2, -0.15) is 0 Å². The number of carbonyl (C=O) groups is 2. The van der Waals surface area contributed by atoms with Crippen LogP contribution >= 0.6 is 0 Å². The lowest BCUT2D eigenvalue weighted by Gasteiger charge is -2.37. The monoisotopic (exact) mass is 668 g/mol. The summed E-state index contributed by atoms with van der Waals surface area (Å²) in [4.78, 5) is 29.1. The standard InChI is InChI=1S/C38H40N2O9/c1-39-15-14-24-19-33(45-4)35(46-5)36(49-32-21-27-23(18-31(32)44-3)13-16-40(2)37(27)42)34(24)28(39)17-22-7-10-26(11-8-22)48-30-20-25(38(43)47-6)9-12-29(30)41/h7-12,18-21,28,41H,13-17H2,1-6H3. The van der Waals surface area contributed by atoms with Gasteiger partial charge in [0.2, 0.25) is 5.75 Å². The lowest BCUT2D eigenvalue weighted by molar-refractivity contribution is 0.0600. The number of likely N-dealkylation sites (N-methyl/N-ethyl adjacent to an activating group) is 2. The summed E-state index contributed by atoms with van der Waals surface area (Å²) in [6.45, 7) is 1.45. The number of rotatable bonds is 10. The van der Waals surface area contributed by atoms with E-state index in [0.717, 1.165) is 41.6 Å². The van der Waals surface area contributed by atoms with Crippen LogP contribution in [-0.2, 0) is 24.0 Å². The SMILES string of the molecule is COC(=O)c1ccc(O)c(Oc2ccc(CC3c4c(cc(OC)c(OC)c4Oc4cc5c(cc4OC)CCN(C)C5=O)CCN3C)cc2)c1. The summed E-state index contributed by atoms with van der Waals surface area (Å²) in [5.74, 6) is 2.38. The number of methoxy groups -OCH3 is 4. The quantitative estimate of drug-likeness (QED) is 0.196. The summed E-state index contributed by atoms with van der Waals surface area (Å²) in [5.41, 5.74) is 4.84. The Hall–Kier alpha value is -5.42. The van der Waals surface area contributed by atoms with Gasteiger partial charge < -0.3 is 38.4 Å². The summed E-state index contributed by atoms with van der Waals surface area (Å²) in [7, 11) is 9.94. The molecule has 1 atom stereocenters. The minimum atomic E-state index is -0.527. The molecular formula is C38H40N2O9. The molecule has 11 heteroatoms. The molecule has 2 aliphatic heterocycles. The Bertz CT molecular complexity index is 1890. The molecule has 6 rings (SSSR count). The van der Waals surface area contributed by atoms with Crippen LogP contribution in [0.5, 0.6) is 46.0 Å². The zero-order chi connectivity index (χ0) is 34.8. The second-order valence-electron chi connectivity index (χ2n) is 12.1. The molecule has 256 valence electrons. The smallest absolute Gasteiger partial charge is 0.337 e. The number of aromatic hydroxyl groups is 1. The number of ether oxygens (including phenoxy) is 6. The molecule has 0 saturated carbocycles. The summed E-state index contributed by atoms with van der Waals surface area (Å²) >= 11 is 0. The molecule has 4 aromatic carbocycles. The first-order valence-corrected chi connectivity index (χ1v) is 16.0. The average Bonchev–Trinajstić information content (AvgIpc) is 3.12. The van der Waals surface area contributed by atoms with Crippen LogP contribution in [0.15, 0.2) is 60.7 Å². The van der Waals surface area contributed by atoms with Crippen molar-refractivity contribution in [1.82, 2.24) is 9.80 Å². The normalized spacial score (nSPS) is 15.6. The van der Waals surface area contributed by atoms with Crippen LogP contribution in [-0.4, -0.2) is 82.4 Å². The number of esters is 1. The van der Waals surface area contributed by atoms with E-state index in [1.807, 2.05) is 36.4 Å². The van der Waals surface area contributed by atoms with Crippen molar-refractivity contribution < 1.29 is 43.1 Å². The second kappa shape index (κ2) is 14.0.